The molecule has 33 heavy (non-hydrogen) atoms. The number of hydrogen-bond acceptors (Lipinski definition) is 6. The van der Waals surface area contributed by atoms with Gasteiger partial charge in [0.25, 0.3) is 5.91 Å². The third kappa shape index (κ3) is 4.25. The first-order valence-corrected chi connectivity index (χ1v) is 11.2. The molecule has 0 aliphatic carbocycles. The van der Waals surface area contributed by atoms with E-state index < -0.39 is 0 Å². The van der Waals surface area contributed by atoms with E-state index in [4.69, 9.17) is 33.7 Å². The van der Waals surface area contributed by atoms with Gasteiger partial charge < -0.3 is 15.8 Å². The van der Waals surface area contributed by atoms with Crippen LogP contribution in [0.15, 0.2) is 47.6 Å². The molecule has 1 saturated heterocycles. The number of nitrogens with one attached hydrogen (secondary N) is 1. The molecule has 10 heteroatoms. The molecule has 3 heterocycles. The van der Waals surface area contributed by atoms with Crippen LogP contribution in [0.1, 0.15) is 28.8 Å². The Morgan fingerprint density at radius 3 is 2.73 bits per heavy atom. The van der Waals surface area contributed by atoms with Gasteiger partial charge in [-0.15, -0.1) is 0 Å². The summed E-state index contributed by atoms with van der Waals surface area (Å²) < 4.78 is 7.02. The van der Waals surface area contributed by atoms with Crippen LogP contribution in [0.25, 0.3) is 22.2 Å². The third-order valence-electron chi connectivity index (χ3n) is 5.48. The summed E-state index contributed by atoms with van der Waals surface area (Å²) in [6, 6.07) is 12.6. The number of aromatic nitrogens is 3. The number of para-hydroxylation sites is 2. The first kappa shape index (κ1) is 21.6. The van der Waals surface area contributed by atoms with Gasteiger partial charge >= 0.3 is 0 Å². The average Bonchev–Trinajstić information content (AvgIpc) is 3.42. The molecule has 1 amide bonds. The SMILES string of the molecule is Nc1c(C(=O)NC[C@@H]2CCCO2)c2nc3ccccc3nc2n1/N=C\c1ccc(Cl)c(Cl)c1. The maximum absolute atomic E-state index is 13.1. The highest BCUT2D eigenvalue weighted by Crippen LogP contribution is 2.28. The van der Waals surface area contributed by atoms with Crippen molar-refractivity contribution in [2.24, 2.45) is 5.10 Å². The minimum Gasteiger partial charge on any atom is -0.383 e. The molecule has 0 saturated carbocycles. The van der Waals surface area contributed by atoms with E-state index in [1.807, 2.05) is 24.3 Å². The van der Waals surface area contributed by atoms with Crippen LogP contribution in [0.2, 0.25) is 10.0 Å². The lowest BCUT2D eigenvalue weighted by Crippen LogP contribution is -2.32. The van der Waals surface area contributed by atoms with Gasteiger partial charge in [-0.2, -0.15) is 9.78 Å². The minimum atomic E-state index is -0.346. The van der Waals surface area contributed by atoms with Crippen molar-refractivity contribution in [1.82, 2.24) is 20.0 Å². The quantitative estimate of drug-likeness (QED) is 0.413. The lowest BCUT2D eigenvalue weighted by molar-refractivity contribution is 0.0859. The van der Waals surface area contributed by atoms with Crippen molar-refractivity contribution in [2.45, 2.75) is 18.9 Å². The number of rotatable bonds is 5. The van der Waals surface area contributed by atoms with E-state index >= 15 is 0 Å². The second-order valence-corrected chi connectivity index (χ2v) is 8.53. The normalized spacial score (nSPS) is 16.2. The smallest absolute Gasteiger partial charge is 0.257 e. The first-order valence-electron chi connectivity index (χ1n) is 10.5. The molecule has 1 fully saturated rings. The standard InChI is InChI=1S/C23H20Cl2N6O2/c24-15-8-7-13(10-16(15)25)11-28-31-21(26)19(23(32)27-12-14-4-3-9-33-14)20-22(31)30-18-6-2-1-5-17(18)29-20/h1-2,5-8,10-11,14H,3-4,9,12,26H2,(H,27,32)/b28-11-/t14-/m0/s1. The van der Waals surface area contributed by atoms with Gasteiger partial charge in [-0.05, 0) is 42.7 Å². The first-order chi connectivity index (χ1) is 16.0. The Balaban J connectivity index is 1.59. The maximum atomic E-state index is 13.1. The van der Waals surface area contributed by atoms with Crippen LogP contribution in [-0.2, 0) is 4.74 Å². The van der Waals surface area contributed by atoms with Crippen molar-refractivity contribution in [3.63, 3.8) is 0 Å². The number of carbonyl (C=O) groups is 1. The monoisotopic (exact) mass is 482 g/mol. The number of nitrogens with two attached hydrogens (primary N) is 1. The van der Waals surface area contributed by atoms with Crippen molar-refractivity contribution >= 4 is 63.3 Å². The number of carbonyl (C=O) groups excluding carboxylic acids is 1. The van der Waals surface area contributed by atoms with Crippen LogP contribution in [0.4, 0.5) is 5.82 Å². The molecule has 8 nitrogen and oxygen atoms in total. The molecule has 0 unspecified atom stereocenters. The number of halogens is 2. The molecule has 0 spiro atoms. The summed E-state index contributed by atoms with van der Waals surface area (Å²) in [4.78, 5) is 22.5. The van der Waals surface area contributed by atoms with Crippen molar-refractivity contribution in [1.29, 1.82) is 0 Å². The number of amides is 1. The number of benzene rings is 2. The Kier molecular flexibility index (Phi) is 5.88. The van der Waals surface area contributed by atoms with Gasteiger partial charge in [0.15, 0.2) is 5.65 Å². The van der Waals surface area contributed by atoms with Gasteiger partial charge in [0.1, 0.15) is 16.9 Å². The predicted octanol–water partition coefficient (Wildman–Crippen LogP) is 4.26. The van der Waals surface area contributed by atoms with Crippen molar-refractivity contribution < 1.29 is 9.53 Å². The van der Waals surface area contributed by atoms with Crippen LogP contribution >= 0.6 is 23.2 Å². The Bertz CT molecular complexity index is 1390. The van der Waals surface area contributed by atoms with Crippen LogP contribution in [0, 0.1) is 0 Å². The molecule has 1 aliphatic heterocycles. The fourth-order valence-electron chi connectivity index (χ4n) is 3.81. The van der Waals surface area contributed by atoms with Crippen molar-refractivity contribution in [2.75, 3.05) is 18.9 Å². The zero-order chi connectivity index (χ0) is 22.9. The summed E-state index contributed by atoms with van der Waals surface area (Å²) in [6.45, 7) is 1.11. The molecular formula is C23H20Cl2N6O2. The second-order valence-electron chi connectivity index (χ2n) is 7.72. The molecule has 5 rings (SSSR count). The Labute approximate surface area is 199 Å². The molecule has 0 radical (unpaired) electrons. The van der Waals surface area contributed by atoms with E-state index in [0.717, 1.165) is 12.8 Å². The van der Waals surface area contributed by atoms with Crippen molar-refractivity contribution in [3.05, 3.63) is 63.6 Å². The van der Waals surface area contributed by atoms with Crippen LogP contribution in [0.3, 0.4) is 0 Å². The van der Waals surface area contributed by atoms with E-state index in [1.165, 1.54) is 4.68 Å². The molecule has 3 N–H and O–H groups in total. The summed E-state index contributed by atoms with van der Waals surface area (Å²) in [6.07, 6.45) is 3.48. The maximum Gasteiger partial charge on any atom is 0.257 e. The van der Waals surface area contributed by atoms with Crippen molar-refractivity contribution in [3.8, 4) is 0 Å². The van der Waals surface area contributed by atoms with E-state index in [0.29, 0.717) is 51.0 Å². The molecule has 1 aliphatic rings. The van der Waals surface area contributed by atoms with Gasteiger partial charge in [-0.3, -0.25) is 4.79 Å². The highest BCUT2D eigenvalue weighted by atomic mass is 35.5. The predicted molar refractivity (Wildman–Crippen MR) is 130 cm³/mol. The van der Waals surface area contributed by atoms with Gasteiger partial charge in [0.05, 0.1) is 33.4 Å². The Morgan fingerprint density at radius 1 is 1.21 bits per heavy atom. The summed E-state index contributed by atoms with van der Waals surface area (Å²) in [5, 5.41) is 8.25. The molecule has 2 aromatic carbocycles. The third-order valence-corrected chi connectivity index (χ3v) is 6.22. The Hall–Kier alpha value is -3.20. The molecule has 168 valence electrons. The van der Waals surface area contributed by atoms with E-state index in [9.17, 15) is 4.79 Å². The van der Waals surface area contributed by atoms with Gasteiger partial charge in [-0.25, -0.2) is 9.97 Å². The van der Waals surface area contributed by atoms with E-state index in [2.05, 4.69) is 20.4 Å². The average molecular weight is 483 g/mol. The summed E-state index contributed by atoms with van der Waals surface area (Å²) in [5.41, 5.74) is 9.43. The number of nitrogen functional groups attached to an aromatic ring is 1. The second kappa shape index (κ2) is 8.97. The van der Waals surface area contributed by atoms with Crippen LogP contribution in [0.5, 0.6) is 0 Å². The fourth-order valence-corrected chi connectivity index (χ4v) is 4.11. The zero-order valence-electron chi connectivity index (χ0n) is 17.5. The highest BCUT2D eigenvalue weighted by Gasteiger charge is 2.25. The molecule has 1 atom stereocenters. The van der Waals surface area contributed by atoms with E-state index in [1.54, 1.807) is 24.4 Å². The summed E-state index contributed by atoms with van der Waals surface area (Å²) in [7, 11) is 0. The van der Waals surface area contributed by atoms with Crippen LogP contribution in [-0.4, -0.2) is 46.0 Å². The highest BCUT2D eigenvalue weighted by molar-refractivity contribution is 6.42. The molecular weight excluding hydrogens is 463 g/mol. The number of ether oxygens (including phenoxy) is 1. The minimum absolute atomic E-state index is 0.00288. The van der Waals surface area contributed by atoms with Gasteiger partial charge in [-0.1, -0.05) is 41.4 Å². The lowest BCUT2D eigenvalue weighted by Gasteiger charge is -2.10. The van der Waals surface area contributed by atoms with E-state index in [-0.39, 0.29) is 23.4 Å². The largest absolute Gasteiger partial charge is 0.383 e. The lowest BCUT2D eigenvalue weighted by atomic mass is 10.2. The van der Waals surface area contributed by atoms with Crippen LogP contribution < -0.4 is 11.1 Å². The number of hydrogen-bond donors (Lipinski definition) is 2. The number of fused-ring (bicyclic) bond motifs is 2. The fraction of sp³-hybridized carbons (Fsp3) is 0.217. The topological polar surface area (TPSA) is 107 Å². The number of anilines is 1. The molecule has 2 aromatic heterocycles. The molecule has 0 bridgehead atoms. The number of nitrogens with zero attached hydrogens (tertiary/aromatic N) is 4. The zero-order valence-corrected chi connectivity index (χ0v) is 19.0. The van der Waals surface area contributed by atoms with Gasteiger partial charge in [0, 0.05) is 13.2 Å². The summed E-state index contributed by atoms with van der Waals surface area (Å²) >= 11 is 12.1. The molecule has 4 aromatic rings. The summed E-state index contributed by atoms with van der Waals surface area (Å²) in [5.74, 6) is -0.206. The Morgan fingerprint density at radius 2 is 2.00 bits per heavy atom. The van der Waals surface area contributed by atoms with Gasteiger partial charge in [0.2, 0.25) is 0 Å².